The van der Waals surface area contributed by atoms with E-state index in [1.165, 1.54) is 11.1 Å². The van der Waals surface area contributed by atoms with E-state index in [1.54, 1.807) is 23.6 Å². The molecule has 0 aliphatic heterocycles. The van der Waals surface area contributed by atoms with E-state index in [1.807, 2.05) is 76.2 Å². The smallest absolute Gasteiger partial charge is 0.242 e. The lowest BCUT2D eigenvalue weighted by Gasteiger charge is -2.31. The van der Waals surface area contributed by atoms with E-state index in [9.17, 15) is 9.59 Å². The molecule has 2 aromatic carbocycles. The predicted octanol–water partition coefficient (Wildman–Crippen LogP) is 5.32. The average Bonchev–Trinajstić information content (AvgIpc) is 2.67. The number of thioether (sulfide) groups is 1. The van der Waals surface area contributed by atoms with Gasteiger partial charge in [-0.1, -0.05) is 57.9 Å². The highest BCUT2D eigenvalue weighted by Gasteiger charge is 2.28. The molecule has 1 N–H and O–H groups in total. The molecule has 0 aromatic heterocycles. The van der Waals surface area contributed by atoms with Gasteiger partial charge in [-0.2, -0.15) is 0 Å². The number of carbonyl (C=O) groups is 2. The second-order valence-corrected chi connectivity index (χ2v) is 10.4. The van der Waals surface area contributed by atoms with Gasteiger partial charge in [-0.15, -0.1) is 11.8 Å². The number of amides is 2. The number of rotatable bonds is 8. The Morgan fingerprint density at radius 3 is 2.17 bits per heavy atom. The molecule has 1 atom stereocenters. The van der Waals surface area contributed by atoms with Gasteiger partial charge in [-0.25, -0.2) is 0 Å². The molecule has 0 aliphatic carbocycles. The van der Waals surface area contributed by atoms with Crippen molar-refractivity contribution in [1.82, 2.24) is 10.2 Å². The summed E-state index contributed by atoms with van der Waals surface area (Å²) in [5, 5.41) is 2.99. The lowest BCUT2D eigenvalue weighted by molar-refractivity contribution is -0.139. The van der Waals surface area contributed by atoms with Crippen LogP contribution in [0.25, 0.3) is 0 Å². The molecule has 0 spiro atoms. The molecule has 0 bridgehead atoms. The van der Waals surface area contributed by atoms with Crippen LogP contribution in [0.3, 0.4) is 0 Å². The van der Waals surface area contributed by atoms with Gasteiger partial charge >= 0.3 is 0 Å². The molecule has 0 aliphatic rings. The number of hydrogen-bond donors (Lipinski definition) is 1. The molecular formula is C24H31BrN2O2S. The van der Waals surface area contributed by atoms with E-state index in [0.29, 0.717) is 12.3 Å². The highest BCUT2D eigenvalue weighted by Crippen LogP contribution is 2.18. The third-order valence-electron chi connectivity index (χ3n) is 4.55. The lowest BCUT2D eigenvalue weighted by Crippen LogP contribution is -2.52. The van der Waals surface area contributed by atoms with E-state index in [4.69, 9.17) is 0 Å². The van der Waals surface area contributed by atoms with Gasteiger partial charge in [0.25, 0.3) is 0 Å². The number of aryl methyl sites for hydroxylation is 1. The maximum absolute atomic E-state index is 13.1. The standard InChI is InChI=1S/C24H31BrN2O2S/c1-17-6-8-19(9-7-17)14-27(18(2)23(29)26-24(3,4)5)22(28)16-30-15-20-10-12-21(25)13-11-20/h6-13,18H,14-16H2,1-5H3,(H,26,29). The van der Waals surface area contributed by atoms with Crippen LogP contribution in [0, 0.1) is 6.92 Å². The SMILES string of the molecule is Cc1ccc(CN(C(=O)CSCc2ccc(Br)cc2)C(C)C(=O)NC(C)(C)C)cc1. The van der Waals surface area contributed by atoms with E-state index in [2.05, 4.69) is 21.2 Å². The predicted molar refractivity (Wildman–Crippen MR) is 129 cm³/mol. The summed E-state index contributed by atoms with van der Waals surface area (Å²) in [4.78, 5) is 27.5. The molecule has 2 aromatic rings. The zero-order valence-corrected chi connectivity index (χ0v) is 20.8. The summed E-state index contributed by atoms with van der Waals surface area (Å²) in [6.07, 6.45) is 0. The van der Waals surface area contributed by atoms with Gasteiger partial charge in [-0.3, -0.25) is 9.59 Å². The number of halogens is 1. The van der Waals surface area contributed by atoms with Crippen molar-refractivity contribution in [2.45, 2.75) is 58.5 Å². The molecule has 4 nitrogen and oxygen atoms in total. The van der Waals surface area contributed by atoms with Gasteiger partial charge in [0.1, 0.15) is 6.04 Å². The molecule has 2 amide bonds. The summed E-state index contributed by atoms with van der Waals surface area (Å²) in [7, 11) is 0. The minimum absolute atomic E-state index is 0.0331. The maximum Gasteiger partial charge on any atom is 0.242 e. The maximum atomic E-state index is 13.1. The Balaban J connectivity index is 2.08. The first kappa shape index (κ1) is 24.5. The summed E-state index contributed by atoms with van der Waals surface area (Å²) in [5.74, 6) is 0.907. The number of nitrogens with zero attached hydrogens (tertiary/aromatic N) is 1. The normalized spacial score (nSPS) is 12.3. The Bertz CT molecular complexity index is 845. The van der Waals surface area contributed by atoms with Gasteiger partial charge < -0.3 is 10.2 Å². The molecule has 1 unspecified atom stereocenters. The molecule has 0 saturated carbocycles. The minimum Gasteiger partial charge on any atom is -0.350 e. The number of benzene rings is 2. The van der Waals surface area contributed by atoms with Crippen molar-refractivity contribution >= 4 is 39.5 Å². The Morgan fingerprint density at radius 1 is 1.03 bits per heavy atom. The van der Waals surface area contributed by atoms with E-state index >= 15 is 0 Å². The Morgan fingerprint density at radius 2 is 1.60 bits per heavy atom. The Hall–Kier alpha value is -1.79. The van der Waals surface area contributed by atoms with Crippen LogP contribution >= 0.6 is 27.7 Å². The highest BCUT2D eigenvalue weighted by molar-refractivity contribution is 9.10. The lowest BCUT2D eigenvalue weighted by atomic mass is 10.1. The third-order valence-corrected chi connectivity index (χ3v) is 6.06. The summed E-state index contributed by atoms with van der Waals surface area (Å²) >= 11 is 5.00. The molecule has 0 fully saturated rings. The van der Waals surface area contributed by atoms with E-state index in [-0.39, 0.29) is 17.4 Å². The van der Waals surface area contributed by atoms with E-state index < -0.39 is 6.04 Å². The van der Waals surface area contributed by atoms with Crippen LogP contribution in [0.15, 0.2) is 53.0 Å². The first-order chi connectivity index (χ1) is 14.0. The van der Waals surface area contributed by atoms with Crippen molar-refractivity contribution < 1.29 is 9.59 Å². The van der Waals surface area contributed by atoms with Crippen LogP contribution < -0.4 is 5.32 Å². The van der Waals surface area contributed by atoms with Crippen molar-refractivity contribution in [2.75, 3.05) is 5.75 Å². The first-order valence-electron chi connectivity index (χ1n) is 10.0. The number of hydrogen-bond acceptors (Lipinski definition) is 3. The first-order valence-corrected chi connectivity index (χ1v) is 12.0. The van der Waals surface area contributed by atoms with Gasteiger partial charge in [0.15, 0.2) is 0 Å². The molecule has 0 saturated heterocycles. The monoisotopic (exact) mass is 490 g/mol. The number of nitrogens with one attached hydrogen (secondary N) is 1. The van der Waals surface area contributed by atoms with Gasteiger partial charge in [0, 0.05) is 22.3 Å². The summed E-state index contributed by atoms with van der Waals surface area (Å²) in [5.41, 5.74) is 3.00. The molecule has 6 heteroatoms. The van der Waals surface area contributed by atoms with Crippen molar-refractivity contribution in [3.63, 3.8) is 0 Å². The second kappa shape index (κ2) is 11.0. The van der Waals surface area contributed by atoms with E-state index in [0.717, 1.165) is 15.8 Å². The summed E-state index contributed by atoms with van der Waals surface area (Å²) in [6.45, 7) is 10.1. The van der Waals surface area contributed by atoms with Gasteiger partial charge in [0.2, 0.25) is 11.8 Å². The largest absolute Gasteiger partial charge is 0.350 e. The number of carbonyl (C=O) groups excluding carboxylic acids is 2. The van der Waals surface area contributed by atoms with Crippen LogP contribution in [-0.2, 0) is 21.9 Å². The molecule has 2 rings (SSSR count). The molecule has 0 radical (unpaired) electrons. The molecule has 30 heavy (non-hydrogen) atoms. The van der Waals surface area contributed by atoms with Crippen molar-refractivity contribution in [3.8, 4) is 0 Å². The van der Waals surface area contributed by atoms with Crippen molar-refractivity contribution in [1.29, 1.82) is 0 Å². The van der Waals surface area contributed by atoms with Crippen LogP contribution in [0.1, 0.15) is 44.4 Å². The third kappa shape index (κ3) is 8.15. The fraction of sp³-hybridized carbons (Fsp3) is 0.417. The van der Waals surface area contributed by atoms with Crippen LogP contribution in [0.4, 0.5) is 0 Å². The van der Waals surface area contributed by atoms with Crippen molar-refractivity contribution in [2.24, 2.45) is 0 Å². The Labute approximate surface area is 192 Å². The van der Waals surface area contributed by atoms with Crippen LogP contribution in [-0.4, -0.2) is 34.0 Å². The second-order valence-electron chi connectivity index (χ2n) is 8.54. The summed E-state index contributed by atoms with van der Waals surface area (Å²) < 4.78 is 1.04. The fourth-order valence-corrected chi connectivity index (χ4v) is 4.00. The fourth-order valence-electron chi connectivity index (χ4n) is 2.87. The quantitative estimate of drug-likeness (QED) is 0.544. The van der Waals surface area contributed by atoms with Gasteiger partial charge in [-0.05, 0) is 57.9 Å². The van der Waals surface area contributed by atoms with Crippen molar-refractivity contribution in [3.05, 3.63) is 69.7 Å². The molecule has 0 heterocycles. The van der Waals surface area contributed by atoms with Crippen LogP contribution in [0.5, 0.6) is 0 Å². The zero-order chi connectivity index (χ0) is 22.3. The zero-order valence-electron chi connectivity index (χ0n) is 18.4. The molecule has 162 valence electrons. The molecular weight excluding hydrogens is 460 g/mol. The highest BCUT2D eigenvalue weighted by atomic mass is 79.9. The minimum atomic E-state index is -0.550. The summed E-state index contributed by atoms with van der Waals surface area (Å²) in [6, 6.07) is 15.6. The Kier molecular flexibility index (Phi) is 8.98. The average molecular weight is 491 g/mol. The van der Waals surface area contributed by atoms with Crippen LogP contribution in [0.2, 0.25) is 0 Å². The topological polar surface area (TPSA) is 49.4 Å². The van der Waals surface area contributed by atoms with Gasteiger partial charge in [0.05, 0.1) is 5.75 Å².